The number of urea groups is 1. The second-order valence-electron chi connectivity index (χ2n) is 17.1. The average Bonchev–Trinajstić information content (AvgIpc) is 3.60. The second kappa shape index (κ2) is 36.0. The third kappa shape index (κ3) is 22.4. The quantitative estimate of drug-likeness (QED) is 0.0180. The molecule has 8 N–H and O–H groups in total. The largest absolute Gasteiger partial charge is 0.497 e. The number of aliphatic carboxylic acids is 4. The number of nitrogens with one attached hydrogen (secondary N) is 4. The minimum Gasteiger partial charge on any atom is -0.497 e. The Morgan fingerprint density at radius 3 is 1.19 bits per heavy atom. The predicted molar refractivity (Wildman–Crippen MR) is 298 cm³/mol. The number of rotatable bonds is 39. The van der Waals surface area contributed by atoms with E-state index in [1.54, 1.807) is 77.0 Å². The van der Waals surface area contributed by atoms with Crippen LogP contribution in [-0.4, -0.2) is 169 Å². The van der Waals surface area contributed by atoms with Crippen LogP contribution < -0.4 is 61.4 Å². The number of carbonyl (C=O) groups excluding carboxylic acids is 3. The van der Waals surface area contributed by atoms with Gasteiger partial charge in [-0.3, -0.25) is 14.4 Å². The highest BCUT2D eigenvalue weighted by Gasteiger charge is 2.36. The topological polar surface area (TPSA) is 322 Å². The van der Waals surface area contributed by atoms with Gasteiger partial charge in [-0.2, -0.15) is 0 Å². The number of carboxylic acid groups (broad SMARTS) is 4. The van der Waals surface area contributed by atoms with E-state index < -0.39 is 70.2 Å². The van der Waals surface area contributed by atoms with Crippen molar-refractivity contribution >= 4 is 78.8 Å². The van der Waals surface area contributed by atoms with Gasteiger partial charge in [0, 0.05) is 25.9 Å². The Bertz CT molecular complexity index is 2530. The maximum Gasteiger partial charge on any atom is 0.337 e. The van der Waals surface area contributed by atoms with Gasteiger partial charge < -0.3 is 79.6 Å². The van der Waals surface area contributed by atoms with E-state index in [4.69, 9.17) is 43.0 Å². The fraction of sp³-hybridized carbons (Fsp3) is 0.400. The number of benzene rings is 4. The highest BCUT2D eigenvalue weighted by Crippen LogP contribution is 2.54. The third-order valence-electron chi connectivity index (χ3n) is 11.6. The summed E-state index contributed by atoms with van der Waals surface area (Å²) in [6.45, 7) is 1.94. The molecule has 0 heterocycles. The van der Waals surface area contributed by atoms with Gasteiger partial charge in [-0.1, -0.05) is 48.5 Å². The molecule has 4 rings (SSSR count). The van der Waals surface area contributed by atoms with Crippen molar-refractivity contribution in [3.05, 3.63) is 108 Å². The van der Waals surface area contributed by atoms with Gasteiger partial charge in [0.1, 0.15) is 35.1 Å². The van der Waals surface area contributed by atoms with Crippen LogP contribution in [0, 0.1) is 0 Å². The first kappa shape index (κ1) is 65.1. The van der Waals surface area contributed by atoms with E-state index in [0.717, 1.165) is 0 Å². The number of hydrogen-bond donors (Lipinski definition) is 8. The number of ether oxygens (including phenoxy) is 8. The van der Waals surface area contributed by atoms with E-state index in [9.17, 15) is 48.9 Å². The summed E-state index contributed by atoms with van der Waals surface area (Å²) in [7, 11) is 2.46. The van der Waals surface area contributed by atoms with Gasteiger partial charge in [0.15, 0.2) is 0 Å². The van der Waals surface area contributed by atoms with Crippen LogP contribution >= 0.6 is 15.8 Å². The number of amides is 4. The lowest BCUT2D eigenvalue weighted by atomic mass is 10.1. The highest BCUT2D eigenvalue weighted by molar-refractivity contribution is 7.82. The van der Waals surface area contributed by atoms with Crippen LogP contribution in [0.2, 0.25) is 0 Å². The predicted octanol–water partition coefficient (Wildman–Crippen LogP) is 3.51. The SMILES string of the molecule is COc1ccc(P(/C(C(=O)O)=C(/C(=O)NCCOCCOCCOCCOCCC(=O)NCCCC[C@H](NC(=O)N[C@@H](CCC(=O)O)C(=O)O)C(=O)O)P(c2ccc(OC)cc2)c2ccc(OC)cc2)c2ccc(OC)cc2)cc1. The Kier molecular flexibility index (Phi) is 29.3. The summed E-state index contributed by atoms with van der Waals surface area (Å²) >= 11 is 0. The number of methoxy groups -OCH3 is 4. The van der Waals surface area contributed by atoms with Gasteiger partial charge in [0.05, 0.1) is 91.9 Å². The summed E-state index contributed by atoms with van der Waals surface area (Å²) in [5.74, 6) is -3.84. The van der Waals surface area contributed by atoms with Crippen molar-refractivity contribution in [2.45, 2.75) is 50.6 Å². The van der Waals surface area contributed by atoms with Crippen LogP contribution in [0.4, 0.5) is 4.79 Å². The Balaban J connectivity index is 1.25. The molecule has 0 fully saturated rings. The lowest BCUT2D eigenvalue weighted by molar-refractivity contribution is -0.141. The molecule has 4 aromatic carbocycles. The van der Waals surface area contributed by atoms with E-state index in [-0.39, 0.29) is 102 Å². The van der Waals surface area contributed by atoms with Crippen molar-refractivity contribution in [3.8, 4) is 23.0 Å². The standard InChI is InChI=1S/C55H70N4O19P2/c1-71-37-8-16-41(17-9-37)79(42-18-10-38(72-2)11-19-42)49(50(54(68)69)80(43-20-12-39(73-3)13-21-43)44-22-14-40(74-4)15-23-44)51(63)57-28-30-76-32-34-78-36-35-77-33-31-75-29-26-47(60)56-27-6-5-7-45(52(64)65)58-55(70)59-46(53(66)67)24-25-48(61)62/h8-23,45-46H,5-7,24-36H2,1-4H3,(H,56,60)(H,57,63)(H,61,62)(H,64,65)(H,66,67)(H,68,69)(H2,58,59,70)/b50-49-/t45-,46-/m0/s1. The van der Waals surface area contributed by atoms with Crippen LogP contribution in [-0.2, 0) is 47.7 Å². The molecule has 0 aliphatic rings. The lowest BCUT2D eigenvalue weighted by Crippen LogP contribution is -2.51. The van der Waals surface area contributed by atoms with Gasteiger partial charge in [-0.05, 0) is 111 Å². The van der Waals surface area contributed by atoms with Gasteiger partial charge in [0.25, 0.3) is 5.91 Å². The summed E-state index contributed by atoms with van der Waals surface area (Å²) in [5, 5.41) is 51.5. The van der Waals surface area contributed by atoms with Crippen LogP contribution in [0.15, 0.2) is 108 Å². The Labute approximate surface area is 466 Å². The van der Waals surface area contributed by atoms with E-state index in [2.05, 4.69) is 21.3 Å². The first-order valence-electron chi connectivity index (χ1n) is 25.3. The van der Waals surface area contributed by atoms with Gasteiger partial charge >= 0.3 is 29.9 Å². The fourth-order valence-corrected chi connectivity index (χ4v) is 12.6. The molecule has 0 radical (unpaired) electrons. The maximum atomic E-state index is 14.9. The molecule has 0 bridgehead atoms. The van der Waals surface area contributed by atoms with Crippen LogP contribution in [0.5, 0.6) is 23.0 Å². The minimum absolute atomic E-state index is 0.00242. The van der Waals surface area contributed by atoms with Gasteiger partial charge in [-0.25, -0.2) is 19.2 Å². The molecular weight excluding hydrogens is 1080 g/mol. The summed E-state index contributed by atoms with van der Waals surface area (Å²) in [5.41, 5.74) is 0. The molecule has 0 spiro atoms. The van der Waals surface area contributed by atoms with Crippen LogP contribution in [0.1, 0.15) is 38.5 Å². The molecule has 80 heavy (non-hydrogen) atoms. The summed E-state index contributed by atoms with van der Waals surface area (Å²) < 4.78 is 44.3. The maximum absolute atomic E-state index is 14.9. The lowest BCUT2D eigenvalue weighted by Gasteiger charge is -2.28. The van der Waals surface area contributed by atoms with Gasteiger partial charge in [-0.15, -0.1) is 0 Å². The summed E-state index contributed by atoms with van der Waals surface area (Å²) in [6, 6.07) is 24.8. The number of hydrogen-bond acceptors (Lipinski definition) is 15. The zero-order valence-corrected chi connectivity index (χ0v) is 46.8. The van der Waals surface area contributed by atoms with E-state index in [1.807, 2.05) is 48.5 Å². The molecule has 4 aromatic rings. The molecular formula is C55H70N4O19P2. The van der Waals surface area contributed by atoms with Crippen molar-refractivity contribution in [2.24, 2.45) is 0 Å². The first-order chi connectivity index (χ1) is 38.6. The summed E-state index contributed by atoms with van der Waals surface area (Å²) in [4.78, 5) is 87.0. The molecule has 4 amide bonds. The third-order valence-corrected chi connectivity index (χ3v) is 16.8. The molecule has 434 valence electrons. The molecule has 0 aliphatic heterocycles. The second-order valence-corrected chi connectivity index (χ2v) is 21.4. The van der Waals surface area contributed by atoms with Crippen LogP contribution in [0.25, 0.3) is 0 Å². The zero-order chi connectivity index (χ0) is 58.2. The zero-order valence-electron chi connectivity index (χ0n) is 45.0. The first-order valence-corrected chi connectivity index (χ1v) is 28.0. The Hall–Kier alpha value is -7.39. The molecule has 0 saturated carbocycles. The number of carbonyl (C=O) groups is 7. The number of unbranched alkanes of at least 4 members (excludes halogenated alkanes) is 1. The Morgan fingerprint density at radius 1 is 0.438 bits per heavy atom. The molecule has 0 aliphatic carbocycles. The van der Waals surface area contributed by atoms with Crippen molar-refractivity contribution in [1.29, 1.82) is 0 Å². The number of carboxylic acids is 4. The normalized spacial score (nSPS) is 12.1. The molecule has 0 unspecified atom stereocenters. The van der Waals surface area contributed by atoms with Crippen molar-refractivity contribution in [2.75, 3.05) is 94.4 Å². The van der Waals surface area contributed by atoms with Crippen LogP contribution in [0.3, 0.4) is 0 Å². The molecule has 0 saturated heterocycles. The monoisotopic (exact) mass is 1150 g/mol. The average molecular weight is 1150 g/mol. The minimum atomic E-state index is -1.89. The summed E-state index contributed by atoms with van der Waals surface area (Å²) in [6.07, 6.45) is -0.110. The highest BCUT2D eigenvalue weighted by atomic mass is 31.1. The van der Waals surface area contributed by atoms with Gasteiger partial charge in [0.2, 0.25) is 5.91 Å². The van der Waals surface area contributed by atoms with Crippen molar-refractivity contribution < 1.29 is 91.9 Å². The van der Waals surface area contributed by atoms with E-state index in [0.29, 0.717) is 57.1 Å². The van der Waals surface area contributed by atoms with Crippen molar-refractivity contribution in [1.82, 2.24) is 21.3 Å². The smallest absolute Gasteiger partial charge is 0.337 e. The van der Waals surface area contributed by atoms with E-state index in [1.165, 1.54) is 0 Å². The Morgan fingerprint density at radius 2 is 0.812 bits per heavy atom. The fourth-order valence-electron chi connectivity index (χ4n) is 7.54. The van der Waals surface area contributed by atoms with Crippen molar-refractivity contribution in [3.63, 3.8) is 0 Å². The van der Waals surface area contributed by atoms with E-state index >= 15 is 0 Å². The molecule has 0 aromatic heterocycles. The molecule has 23 nitrogen and oxygen atoms in total. The molecule has 25 heteroatoms. The molecule has 2 atom stereocenters.